The lowest BCUT2D eigenvalue weighted by molar-refractivity contribution is -0.119. The van der Waals surface area contributed by atoms with Crippen molar-refractivity contribution in [3.63, 3.8) is 0 Å². The third kappa shape index (κ3) is 3.86. The second-order valence-electron chi connectivity index (χ2n) is 5.16. The SMILES string of the molecule is CC(NC(=O)CSc1nc2ccccc2[nH]1)c1ccccc1Cl. The molecule has 3 rings (SSSR count). The smallest absolute Gasteiger partial charge is 0.230 e. The van der Waals surface area contributed by atoms with Gasteiger partial charge in [-0.2, -0.15) is 0 Å². The van der Waals surface area contributed by atoms with Crippen LogP contribution in [0.15, 0.2) is 53.7 Å². The van der Waals surface area contributed by atoms with E-state index in [-0.39, 0.29) is 11.9 Å². The second-order valence-corrected chi connectivity index (χ2v) is 6.53. The first kappa shape index (κ1) is 15.9. The van der Waals surface area contributed by atoms with Crippen molar-refractivity contribution in [2.45, 2.75) is 18.1 Å². The molecule has 2 N–H and O–H groups in total. The summed E-state index contributed by atoms with van der Waals surface area (Å²) in [5.41, 5.74) is 2.79. The third-order valence-electron chi connectivity index (χ3n) is 3.46. The average Bonchev–Trinajstić information content (AvgIpc) is 2.96. The summed E-state index contributed by atoms with van der Waals surface area (Å²) < 4.78 is 0. The van der Waals surface area contributed by atoms with Crippen LogP contribution >= 0.6 is 23.4 Å². The highest BCUT2D eigenvalue weighted by Gasteiger charge is 2.13. The van der Waals surface area contributed by atoms with Crippen LogP contribution in [0.2, 0.25) is 5.02 Å². The molecule has 1 atom stereocenters. The summed E-state index contributed by atoms with van der Waals surface area (Å²) in [6.45, 7) is 1.92. The monoisotopic (exact) mass is 345 g/mol. The van der Waals surface area contributed by atoms with Gasteiger partial charge in [0.2, 0.25) is 5.91 Å². The predicted octanol–water partition coefficient (Wildman–Crippen LogP) is 4.19. The highest BCUT2D eigenvalue weighted by Crippen LogP contribution is 2.23. The summed E-state index contributed by atoms with van der Waals surface area (Å²) >= 11 is 7.53. The van der Waals surface area contributed by atoms with E-state index in [1.165, 1.54) is 11.8 Å². The number of nitrogens with zero attached hydrogens (tertiary/aromatic N) is 1. The van der Waals surface area contributed by atoms with Crippen LogP contribution in [0.4, 0.5) is 0 Å². The van der Waals surface area contributed by atoms with Crippen LogP contribution in [0.3, 0.4) is 0 Å². The number of carbonyl (C=O) groups excluding carboxylic acids is 1. The zero-order valence-electron chi connectivity index (χ0n) is 12.5. The maximum absolute atomic E-state index is 12.1. The zero-order chi connectivity index (χ0) is 16.2. The predicted molar refractivity (Wildman–Crippen MR) is 94.8 cm³/mol. The number of carbonyl (C=O) groups is 1. The standard InChI is InChI=1S/C17H16ClN3OS/c1-11(12-6-2-3-7-13(12)18)19-16(22)10-23-17-20-14-8-4-5-9-15(14)21-17/h2-9,11H,10H2,1H3,(H,19,22)(H,20,21). The molecule has 1 aromatic heterocycles. The number of amides is 1. The van der Waals surface area contributed by atoms with Gasteiger partial charge in [-0.3, -0.25) is 4.79 Å². The second kappa shape index (κ2) is 7.06. The van der Waals surface area contributed by atoms with E-state index in [0.29, 0.717) is 10.8 Å². The minimum absolute atomic E-state index is 0.0529. The van der Waals surface area contributed by atoms with Crippen LogP contribution < -0.4 is 5.32 Å². The fourth-order valence-corrected chi connectivity index (χ4v) is 3.31. The quantitative estimate of drug-likeness (QED) is 0.682. The van der Waals surface area contributed by atoms with Crippen molar-refractivity contribution in [3.05, 3.63) is 59.1 Å². The molecule has 0 radical (unpaired) electrons. The molecule has 1 amide bonds. The lowest BCUT2D eigenvalue weighted by Gasteiger charge is -2.15. The van der Waals surface area contributed by atoms with E-state index in [1.807, 2.05) is 55.5 Å². The molecule has 2 aromatic carbocycles. The van der Waals surface area contributed by atoms with Gasteiger partial charge < -0.3 is 10.3 Å². The van der Waals surface area contributed by atoms with Crippen molar-refractivity contribution in [1.82, 2.24) is 15.3 Å². The molecule has 0 aliphatic rings. The lowest BCUT2D eigenvalue weighted by Crippen LogP contribution is -2.28. The summed E-state index contributed by atoms with van der Waals surface area (Å²) in [7, 11) is 0. The normalized spacial score (nSPS) is 12.3. The average molecular weight is 346 g/mol. The van der Waals surface area contributed by atoms with E-state index in [4.69, 9.17) is 11.6 Å². The van der Waals surface area contributed by atoms with Gasteiger partial charge >= 0.3 is 0 Å². The molecule has 1 heterocycles. The van der Waals surface area contributed by atoms with Gasteiger partial charge in [0.1, 0.15) is 0 Å². The van der Waals surface area contributed by atoms with Gasteiger partial charge in [0.05, 0.1) is 22.8 Å². The largest absolute Gasteiger partial charge is 0.349 e. The number of halogens is 1. The topological polar surface area (TPSA) is 57.8 Å². The number of benzene rings is 2. The van der Waals surface area contributed by atoms with Crippen LogP contribution in [0.25, 0.3) is 11.0 Å². The molecule has 0 saturated carbocycles. The first-order chi connectivity index (χ1) is 11.1. The van der Waals surface area contributed by atoms with E-state index in [9.17, 15) is 4.79 Å². The van der Waals surface area contributed by atoms with Gasteiger partial charge in [-0.25, -0.2) is 4.98 Å². The van der Waals surface area contributed by atoms with Gasteiger partial charge in [-0.1, -0.05) is 53.7 Å². The van der Waals surface area contributed by atoms with Gasteiger partial charge in [-0.05, 0) is 30.7 Å². The van der Waals surface area contributed by atoms with Crippen molar-refractivity contribution >= 4 is 40.3 Å². The number of hydrogen-bond acceptors (Lipinski definition) is 3. The van der Waals surface area contributed by atoms with Gasteiger partial charge in [0, 0.05) is 5.02 Å². The number of fused-ring (bicyclic) bond motifs is 1. The number of imidazole rings is 1. The third-order valence-corrected chi connectivity index (χ3v) is 4.67. The molecular weight excluding hydrogens is 330 g/mol. The molecule has 6 heteroatoms. The van der Waals surface area contributed by atoms with E-state index in [1.54, 1.807) is 0 Å². The van der Waals surface area contributed by atoms with Crippen molar-refractivity contribution in [2.24, 2.45) is 0 Å². The first-order valence-electron chi connectivity index (χ1n) is 7.25. The fourth-order valence-electron chi connectivity index (χ4n) is 2.32. The Kier molecular flexibility index (Phi) is 4.88. The van der Waals surface area contributed by atoms with E-state index in [0.717, 1.165) is 21.8 Å². The number of aromatic amines is 1. The van der Waals surface area contributed by atoms with Crippen LogP contribution in [-0.2, 0) is 4.79 Å². The number of aromatic nitrogens is 2. The Labute approximate surface area is 143 Å². The minimum atomic E-state index is -0.132. The Morgan fingerprint density at radius 1 is 1.26 bits per heavy atom. The Balaban J connectivity index is 1.58. The van der Waals surface area contributed by atoms with Gasteiger partial charge in [0.25, 0.3) is 0 Å². The molecule has 0 spiro atoms. The molecule has 118 valence electrons. The number of H-pyrrole nitrogens is 1. The van der Waals surface area contributed by atoms with Crippen molar-refractivity contribution in [2.75, 3.05) is 5.75 Å². The first-order valence-corrected chi connectivity index (χ1v) is 8.61. The molecule has 1 unspecified atom stereocenters. The molecule has 0 bridgehead atoms. The Morgan fingerprint density at radius 2 is 2.00 bits per heavy atom. The number of hydrogen-bond donors (Lipinski definition) is 2. The Hall–Kier alpha value is -1.98. The summed E-state index contributed by atoms with van der Waals surface area (Å²) in [5.74, 6) is 0.247. The lowest BCUT2D eigenvalue weighted by atomic mass is 10.1. The fraction of sp³-hybridized carbons (Fsp3) is 0.176. The highest BCUT2D eigenvalue weighted by atomic mass is 35.5. The maximum Gasteiger partial charge on any atom is 0.230 e. The summed E-state index contributed by atoms with van der Waals surface area (Å²) in [5, 5.41) is 4.36. The molecule has 23 heavy (non-hydrogen) atoms. The molecule has 3 aromatic rings. The van der Waals surface area contributed by atoms with Crippen LogP contribution in [0, 0.1) is 0 Å². The van der Waals surface area contributed by atoms with E-state index >= 15 is 0 Å². The number of nitrogens with one attached hydrogen (secondary N) is 2. The van der Waals surface area contributed by atoms with Gasteiger partial charge in [0.15, 0.2) is 5.16 Å². The Bertz CT molecular complexity index is 800. The minimum Gasteiger partial charge on any atom is -0.349 e. The Morgan fingerprint density at radius 3 is 2.78 bits per heavy atom. The summed E-state index contributed by atoms with van der Waals surface area (Å²) in [6.07, 6.45) is 0. The van der Waals surface area contributed by atoms with E-state index < -0.39 is 0 Å². The molecule has 0 aliphatic carbocycles. The van der Waals surface area contributed by atoms with Gasteiger partial charge in [-0.15, -0.1) is 0 Å². The number of rotatable bonds is 5. The maximum atomic E-state index is 12.1. The van der Waals surface area contributed by atoms with Crippen LogP contribution in [0.5, 0.6) is 0 Å². The number of thioether (sulfide) groups is 1. The van der Waals surface area contributed by atoms with Crippen LogP contribution in [0.1, 0.15) is 18.5 Å². The zero-order valence-corrected chi connectivity index (χ0v) is 14.1. The van der Waals surface area contributed by atoms with Crippen LogP contribution in [-0.4, -0.2) is 21.6 Å². The summed E-state index contributed by atoms with van der Waals surface area (Å²) in [4.78, 5) is 19.7. The highest BCUT2D eigenvalue weighted by molar-refractivity contribution is 7.99. The van der Waals surface area contributed by atoms with Crippen molar-refractivity contribution < 1.29 is 4.79 Å². The van der Waals surface area contributed by atoms with Crippen molar-refractivity contribution in [3.8, 4) is 0 Å². The molecule has 0 aliphatic heterocycles. The molecule has 4 nitrogen and oxygen atoms in total. The number of para-hydroxylation sites is 2. The van der Waals surface area contributed by atoms with E-state index in [2.05, 4.69) is 15.3 Å². The summed E-state index contributed by atoms with van der Waals surface area (Å²) in [6, 6.07) is 15.2. The molecular formula is C17H16ClN3OS. The molecule has 0 fully saturated rings. The van der Waals surface area contributed by atoms with Crippen molar-refractivity contribution in [1.29, 1.82) is 0 Å². The molecule has 0 saturated heterocycles.